The van der Waals surface area contributed by atoms with Gasteiger partial charge in [-0.2, -0.15) is 0 Å². The summed E-state index contributed by atoms with van der Waals surface area (Å²) in [6.45, 7) is 8.49. The molecule has 0 aromatic heterocycles. The van der Waals surface area contributed by atoms with Gasteiger partial charge in [0.25, 0.3) is 0 Å². The van der Waals surface area contributed by atoms with Gasteiger partial charge < -0.3 is 15.3 Å². The van der Waals surface area contributed by atoms with E-state index in [1.165, 1.54) is 0 Å². The van der Waals surface area contributed by atoms with Crippen LogP contribution >= 0.6 is 0 Å². The van der Waals surface area contributed by atoms with Gasteiger partial charge in [0.2, 0.25) is 5.91 Å². The number of hydrogen-bond acceptors (Lipinski definition) is 3. The van der Waals surface area contributed by atoms with Crippen LogP contribution in [0.1, 0.15) is 34.1 Å². The number of aliphatic carboxylic acids is 1. The van der Waals surface area contributed by atoms with Crippen LogP contribution in [-0.2, 0) is 9.59 Å². The van der Waals surface area contributed by atoms with Crippen molar-refractivity contribution in [2.75, 3.05) is 6.54 Å². The van der Waals surface area contributed by atoms with Gasteiger partial charge in [-0.15, -0.1) is 0 Å². The fourth-order valence-corrected chi connectivity index (χ4v) is 2.20. The second-order valence-corrected chi connectivity index (χ2v) is 5.29. The van der Waals surface area contributed by atoms with Crippen molar-refractivity contribution in [3.8, 4) is 0 Å². The molecule has 1 rings (SSSR count). The van der Waals surface area contributed by atoms with Gasteiger partial charge in [0.05, 0.1) is 12.5 Å². The molecule has 0 saturated carbocycles. The van der Waals surface area contributed by atoms with Crippen molar-refractivity contribution in [3.05, 3.63) is 0 Å². The molecule has 1 fully saturated rings. The molecule has 92 valence electrons. The molecule has 0 aromatic carbocycles. The van der Waals surface area contributed by atoms with E-state index in [9.17, 15) is 9.59 Å². The molecular formula is C11H20N2O3. The number of carbonyl (C=O) groups excluding carboxylic acids is 1. The lowest BCUT2D eigenvalue weighted by Crippen LogP contribution is -2.64. The molecule has 0 spiro atoms. The van der Waals surface area contributed by atoms with Crippen LogP contribution in [0.2, 0.25) is 0 Å². The fourth-order valence-electron chi connectivity index (χ4n) is 2.20. The summed E-state index contributed by atoms with van der Waals surface area (Å²) in [4.78, 5) is 24.5. The lowest BCUT2D eigenvalue weighted by Gasteiger charge is -2.46. The van der Waals surface area contributed by atoms with Crippen LogP contribution in [0.3, 0.4) is 0 Å². The van der Waals surface area contributed by atoms with Gasteiger partial charge >= 0.3 is 5.97 Å². The van der Waals surface area contributed by atoms with Crippen LogP contribution in [0.15, 0.2) is 0 Å². The fraction of sp³-hybridized carbons (Fsp3) is 0.818. The van der Waals surface area contributed by atoms with Gasteiger partial charge in [0.1, 0.15) is 0 Å². The second-order valence-electron chi connectivity index (χ2n) is 5.29. The van der Waals surface area contributed by atoms with E-state index < -0.39 is 12.0 Å². The average molecular weight is 228 g/mol. The van der Waals surface area contributed by atoms with Gasteiger partial charge in [0.15, 0.2) is 0 Å². The molecule has 1 heterocycles. The monoisotopic (exact) mass is 228 g/mol. The maximum Gasteiger partial charge on any atom is 0.305 e. The zero-order valence-electron chi connectivity index (χ0n) is 10.3. The molecule has 2 N–H and O–H groups in total. The Balaban J connectivity index is 2.83. The molecule has 16 heavy (non-hydrogen) atoms. The number of carbonyl (C=O) groups is 2. The number of nitrogens with one attached hydrogen (secondary N) is 1. The van der Waals surface area contributed by atoms with Crippen molar-refractivity contribution in [1.29, 1.82) is 0 Å². The van der Waals surface area contributed by atoms with Gasteiger partial charge in [-0.05, 0) is 27.7 Å². The zero-order chi connectivity index (χ0) is 12.5. The zero-order valence-corrected chi connectivity index (χ0v) is 10.3. The molecule has 0 bridgehead atoms. The van der Waals surface area contributed by atoms with Crippen molar-refractivity contribution in [3.63, 3.8) is 0 Å². The topological polar surface area (TPSA) is 69.6 Å². The highest BCUT2D eigenvalue weighted by molar-refractivity contribution is 5.87. The van der Waals surface area contributed by atoms with Crippen LogP contribution in [-0.4, -0.2) is 46.1 Å². The highest BCUT2D eigenvalue weighted by Gasteiger charge is 2.39. The Labute approximate surface area is 95.8 Å². The van der Waals surface area contributed by atoms with Gasteiger partial charge in [-0.3, -0.25) is 9.59 Å². The normalized spacial score (nSPS) is 27.0. The first kappa shape index (κ1) is 13.0. The van der Waals surface area contributed by atoms with Crippen LogP contribution < -0.4 is 5.32 Å². The molecule has 2 unspecified atom stereocenters. The molecule has 0 aliphatic carbocycles. The van der Waals surface area contributed by atoms with Gasteiger partial charge in [0, 0.05) is 18.1 Å². The van der Waals surface area contributed by atoms with Crippen LogP contribution in [0, 0.1) is 0 Å². The first-order valence-corrected chi connectivity index (χ1v) is 5.52. The van der Waals surface area contributed by atoms with Crippen molar-refractivity contribution in [2.24, 2.45) is 0 Å². The summed E-state index contributed by atoms with van der Waals surface area (Å²) in [7, 11) is 0. The van der Waals surface area contributed by atoms with E-state index in [1.54, 1.807) is 4.90 Å². The number of carboxylic acid groups (broad SMARTS) is 1. The summed E-state index contributed by atoms with van der Waals surface area (Å²) in [5.41, 5.74) is -0.268. The summed E-state index contributed by atoms with van der Waals surface area (Å²) in [5, 5.41) is 11.7. The Morgan fingerprint density at radius 2 is 2.12 bits per heavy atom. The Morgan fingerprint density at radius 1 is 1.56 bits per heavy atom. The number of amides is 1. The van der Waals surface area contributed by atoms with Crippen LogP contribution in [0.25, 0.3) is 0 Å². The predicted molar refractivity (Wildman–Crippen MR) is 60.1 cm³/mol. The smallest absolute Gasteiger partial charge is 0.305 e. The van der Waals surface area contributed by atoms with E-state index in [4.69, 9.17) is 5.11 Å². The number of rotatable bonds is 2. The van der Waals surface area contributed by atoms with Crippen molar-refractivity contribution >= 4 is 11.9 Å². The van der Waals surface area contributed by atoms with Gasteiger partial charge in [-0.25, -0.2) is 0 Å². The highest BCUT2D eigenvalue weighted by Crippen LogP contribution is 2.21. The van der Waals surface area contributed by atoms with E-state index >= 15 is 0 Å². The minimum Gasteiger partial charge on any atom is -0.481 e. The molecule has 0 aromatic rings. The molecule has 1 aliphatic rings. The Morgan fingerprint density at radius 3 is 2.56 bits per heavy atom. The minimum absolute atomic E-state index is 0.0949. The number of nitrogens with zero attached hydrogens (tertiary/aromatic N) is 1. The number of carboxylic acids is 1. The molecule has 1 aliphatic heterocycles. The third-order valence-corrected chi connectivity index (χ3v) is 2.74. The Kier molecular flexibility index (Phi) is 3.57. The quantitative estimate of drug-likeness (QED) is 0.720. The minimum atomic E-state index is -0.950. The summed E-state index contributed by atoms with van der Waals surface area (Å²) in [6, 6.07) is -0.495. The molecular weight excluding hydrogens is 208 g/mol. The van der Waals surface area contributed by atoms with E-state index in [1.807, 2.05) is 27.7 Å². The second kappa shape index (κ2) is 4.41. The van der Waals surface area contributed by atoms with E-state index in [2.05, 4.69) is 5.32 Å². The predicted octanol–water partition coefficient (Wildman–Crippen LogP) is 0.449. The van der Waals surface area contributed by atoms with E-state index in [-0.39, 0.29) is 23.9 Å². The lowest BCUT2D eigenvalue weighted by molar-refractivity contribution is -0.149. The lowest BCUT2D eigenvalue weighted by atomic mass is 9.97. The first-order valence-electron chi connectivity index (χ1n) is 5.52. The molecule has 5 heteroatoms. The third kappa shape index (κ3) is 2.72. The average Bonchev–Trinajstić information content (AvgIpc) is 2.07. The SMILES string of the molecule is CC1CNC(CC(=O)O)C(=O)N1C(C)(C)C. The number of hydrogen-bond donors (Lipinski definition) is 2. The summed E-state index contributed by atoms with van der Waals surface area (Å²) in [6.07, 6.45) is -0.155. The molecule has 0 radical (unpaired) electrons. The van der Waals surface area contributed by atoms with E-state index in [0.717, 1.165) is 0 Å². The first-order chi connectivity index (χ1) is 7.23. The largest absolute Gasteiger partial charge is 0.481 e. The maximum absolute atomic E-state index is 12.1. The summed E-state index contributed by atoms with van der Waals surface area (Å²) in [5.74, 6) is -1.07. The van der Waals surface area contributed by atoms with Crippen molar-refractivity contribution in [1.82, 2.24) is 10.2 Å². The molecule has 2 atom stereocenters. The summed E-state index contributed by atoms with van der Waals surface area (Å²) < 4.78 is 0. The van der Waals surface area contributed by atoms with Crippen LogP contribution in [0.5, 0.6) is 0 Å². The maximum atomic E-state index is 12.1. The third-order valence-electron chi connectivity index (χ3n) is 2.74. The standard InChI is InChI=1S/C11H20N2O3/c1-7-6-12-8(5-9(14)15)10(16)13(7)11(2,3)4/h7-8,12H,5-6H2,1-4H3,(H,14,15). The van der Waals surface area contributed by atoms with Crippen LogP contribution in [0.4, 0.5) is 0 Å². The van der Waals surface area contributed by atoms with E-state index in [0.29, 0.717) is 6.54 Å². The van der Waals surface area contributed by atoms with Crippen molar-refractivity contribution in [2.45, 2.75) is 51.7 Å². The molecule has 1 amide bonds. The molecule has 1 saturated heterocycles. The Hall–Kier alpha value is -1.10. The van der Waals surface area contributed by atoms with Crippen molar-refractivity contribution < 1.29 is 14.7 Å². The summed E-state index contributed by atoms with van der Waals surface area (Å²) >= 11 is 0. The highest BCUT2D eigenvalue weighted by atomic mass is 16.4. The Bertz CT molecular complexity index is 296. The molecule has 5 nitrogen and oxygen atoms in total. The van der Waals surface area contributed by atoms with Gasteiger partial charge in [-0.1, -0.05) is 0 Å². The number of piperazine rings is 1.